The van der Waals surface area contributed by atoms with Crippen molar-refractivity contribution in [3.63, 3.8) is 0 Å². The number of aromatic amines is 1. The molecule has 20 heavy (non-hydrogen) atoms. The molecule has 0 saturated heterocycles. The Labute approximate surface area is 114 Å². The van der Waals surface area contributed by atoms with E-state index >= 15 is 0 Å². The van der Waals surface area contributed by atoms with Crippen LogP contribution in [0.2, 0.25) is 0 Å². The highest BCUT2D eigenvalue weighted by atomic mass is 16.5. The first-order valence-electron chi connectivity index (χ1n) is 6.08. The summed E-state index contributed by atoms with van der Waals surface area (Å²) in [5.74, 6) is 0.454. The molecule has 2 N–H and O–H groups in total. The predicted octanol–water partition coefficient (Wildman–Crippen LogP) is 2.03. The number of H-pyrrole nitrogens is 1. The maximum Gasteiger partial charge on any atom is 0.261 e. The smallest absolute Gasteiger partial charge is 0.261 e. The average Bonchev–Trinajstić information content (AvgIpc) is 2.78. The zero-order valence-electron chi connectivity index (χ0n) is 10.8. The molecule has 2 heterocycles. The summed E-state index contributed by atoms with van der Waals surface area (Å²) >= 11 is 0. The van der Waals surface area contributed by atoms with Crippen molar-refractivity contribution in [1.29, 1.82) is 0 Å². The van der Waals surface area contributed by atoms with Crippen LogP contribution >= 0.6 is 0 Å². The number of anilines is 1. The molecule has 3 rings (SSSR count). The molecule has 0 amide bonds. The number of aromatic nitrogens is 1. The highest BCUT2D eigenvalue weighted by Crippen LogP contribution is 2.26. The van der Waals surface area contributed by atoms with Gasteiger partial charge in [-0.05, 0) is 29.8 Å². The van der Waals surface area contributed by atoms with Gasteiger partial charge in [-0.3, -0.25) is 9.59 Å². The van der Waals surface area contributed by atoms with Gasteiger partial charge in [0.2, 0.25) is 5.78 Å². The van der Waals surface area contributed by atoms with E-state index in [1.807, 2.05) is 24.3 Å². The Kier molecular flexibility index (Phi) is 2.87. The summed E-state index contributed by atoms with van der Waals surface area (Å²) in [6.45, 7) is 0. The van der Waals surface area contributed by atoms with Gasteiger partial charge in [0.1, 0.15) is 11.3 Å². The SMILES string of the molecule is COc1ccc(/C=C2/Nc3cc[nH]c(=O)c3C2=O)cc1. The summed E-state index contributed by atoms with van der Waals surface area (Å²) in [6, 6.07) is 8.98. The number of methoxy groups -OCH3 is 1. The van der Waals surface area contributed by atoms with Gasteiger partial charge in [0.05, 0.1) is 18.5 Å². The molecule has 5 heteroatoms. The summed E-state index contributed by atoms with van der Waals surface area (Å²) in [5, 5.41) is 2.96. The van der Waals surface area contributed by atoms with Crippen LogP contribution in [0.1, 0.15) is 15.9 Å². The second-order valence-electron chi connectivity index (χ2n) is 4.38. The Balaban J connectivity index is 1.97. The molecule has 0 saturated carbocycles. The molecule has 0 unspecified atom stereocenters. The van der Waals surface area contributed by atoms with Gasteiger partial charge in [0.15, 0.2) is 0 Å². The quantitative estimate of drug-likeness (QED) is 0.817. The molecule has 100 valence electrons. The Morgan fingerprint density at radius 1 is 1.10 bits per heavy atom. The van der Waals surface area contributed by atoms with E-state index in [0.717, 1.165) is 11.3 Å². The van der Waals surface area contributed by atoms with Crippen molar-refractivity contribution in [3.8, 4) is 5.75 Å². The lowest BCUT2D eigenvalue weighted by Crippen LogP contribution is -2.13. The van der Waals surface area contributed by atoms with E-state index in [1.54, 1.807) is 19.3 Å². The van der Waals surface area contributed by atoms with Crippen molar-refractivity contribution in [2.24, 2.45) is 0 Å². The summed E-state index contributed by atoms with van der Waals surface area (Å²) in [7, 11) is 1.60. The lowest BCUT2D eigenvalue weighted by Gasteiger charge is -2.01. The fourth-order valence-corrected chi connectivity index (χ4v) is 2.11. The molecule has 5 nitrogen and oxygen atoms in total. The first-order chi connectivity index (χ1) is 9.69. The second kappa shape index (κ2) is 4.70. The fraction of sp³-hybridized carbons (Fsp3) is 0.0667. The second-order valence-corrected chi connectivity index (χ2v) is 4.38. The third-order valence-corrected chi connectivity index (χ3v) is 3.13. The number of ketones is 1. The predicted molar refractivity (Wildman–Crippen MR) is 76.0 cm³/mol. The van der Waals surface area contributed by atoms with Crippen molar-refractivity contribution in [3.05, 3.63) is 63.7 Å². The molecule has 0 spiro atoms. The van der Waals surface area contributed by atoms with Crippen molar-refractivity contribution >= 4 is 17.5 Å². The van der Waals surface area contributed by atoms with E-state index in [9.17, 15) is 9.59 Å². The van der Waals surface area contributed by atoms with Crippen LogP contribution in [0.3, 0.4) is 0 Å². The number of benzene rings is 1. The maximum absolute atomic E-state index is 12.2. The topological polar surface area (TPSA) is 71.2 Å². The number of allylic oxidation sites excluding steroid dienone is 1. The van der Waals surface area contributed by atoms with Gasteiger partial charge in [0, 0.05) is 6.20 Å². The van der Waals surface area contributed by atoms with Crippen molar-refractivity contribution in [2.75, 3.05) is 12.4 Å². The number of carbonyl (C=O) groups excluding carboxylic acids is 1. The molecule has 1 aliphatic heterocycles. The minimum absolute atomic E-state index is 0.160. The molecule has 1 aliphatic rings. The van der Waals surface area contributed by atoms with Gasteiger partial charge in [-0.15, -0.1) is 0 Å². The van der Waals surface area contributed by atoms with Gasteiger partial charge in [-0.2, -0.15) is 0 Å². The third-order valence-electron chi connectivity index (χ3n) is 3.13. The van der Waals surface area contributed by atoms with Crippen molar-refractivity contribution in [2.45, 2.75) is 0 Å². The molecule has 1 aromatic carbocycles. The highest BCUT2D eigenvalue weighted by molar-refractivity contribution is 6.20. The van der Waals surface area contributed by atoms with Crippen molar-refractivity contribution < 1.29 is 9.53 Å². The first-order valence-corrected chi connectivity index (χ1v) is 6.08. The Bertz CT molecular complexity index is 757. The summed E-state index contributed by atoms with van der Waals surface area (Å²) in [4.78, 5) is 26.3. The lowest BCUT2D eigenvalue weighted by atomic mass is 10.1. The van der Waals surface area contributed by atoms with Crippen LogP contribution in [0.25, 0.3) is 6.08 Å². The van der Waals surface area contributed by atoms with Gasteiger partial charge in [-0.1, -0.05) is 12.1 Å². The fourth-order valence-electron chi connectivity index (χ4n) is 2.11. The molecule has 0 radical (unpaired) electrons. The van der Waals surface area contributed by atoms with Crippen molar-refractivity contribution in [1.82, 2.24) is 4.98 Å². The number of hydrogen-bond acceptors (Lipinski definition) is 4. The van der Waals surface area contributed by atoms with E-state index in [1.165, 1.54) is 6.20 Å². The number of carbonyl (C=O) groups is 1. The van der Waals surface area contributed by atoms with Crippen LogP contribution in [0.15, 0.2) is 47.0 Å². The zero-order chi connectivity index (χ0) is 14.1. The van der Waals surface area contributed by atoms with Crippen LogP contribution in [0, 0.1) is 0 Å². The number of ether oxygens (including phenoxy) is 1. The Morgan fingerprint density at radius 2 is 1.85 bits per heavy atom. The van der Waals surface area contributed by atoms with Crippen LogP contribution in [0.5, 0.6) is 5.75 Å². The minimum Gasteiger partial charge on any atom is -0.497 e. The summed E-state index contributed by atoms with van der Waals surface area (Å²) in [6.07, 6.45) is 3.22. The molecule has 0 aliphatic carbocycles. The van der Waals surface area contributed by atoms with E-state index in [-0.39, 0.29) is 16.9 Å². The Morgan fingerprint density at radius 3 is 2.50 bits per heavy atom. The highest BCUT2D eigenvalue weighted by Gasteiger charge is 2.27. The monoisotopic (exact) mass is 268 g/mol. The van der Waals surface area contributed by atoms with E-state index in [0.29, 0.717) is 11.4 Å². The van der Waals surface area contributed by atoms with Gasteiger partial charge in [0.25, 0.3) is 5.56 Å². The van der Waals surface area contributed by atoms with E-state index in [4.69, 9.17) is 4.74 Å². The number of Topliss-reactive ketones (excluding diaryl/α,β-unsaturated/α-hetero) is 1. The molecular weight excluding hydrogens is 256 g/mol. The number of fused-ring (bicyclic) bond motifs is 1. The molecule has 0 fully saturated rings. The number of pyridine rings is 1. The minimum atomic E-state index is -0.377. The lowest BCUT2D eigenvalue weighted by molar-refractivity contribution is 0.104. The zero-order valence-corrected chi connectivity index (χ0v) is 10.8. The maximum atomic E-state index is 12.2. The summed E-state index contributed by atoms with van der Waals surface area (Å²) in [5.41, 5.74) is 1.57. The normalized spacial score (nSPS) is 15.1. The molecule has 0 bridgehead atoms. The van der Waals surface area contributed by atoms with Crippen LogP contribution in [0.4, 0.5) is 5.69 Å². The summed E-state index contributed by atoms with van der Waals surface area (Å²) < 4.78 is 5.08. The van der Waals surface area contributed by atoms with E-state index < -0.39 is 0 Å². The van der Waals surface area contributed by atoms with Crippen LogP contribution < -0.4 is 15.6 Å². The van der Waals surface area contributed by atoms with Gasteiger partial charge in [-0.25, -0.2) is 0 Å². The van der Waals surface area contributed by atoms with Crippen LogP contribution in [-0.2, 0) is 0 Å². The van der Waals surface area contributed by atoms with Crippen LogP contribution in [-0.4, -0.2) is 17.9 Å². The number of hydrogen-bond donors (Lipinski definition) is 2. The third kappa shape index (κ3) is 1.99. The van der Waals surface area contributed by atoms with E-state index in [2.05, 4.69) is 10.3 Å². The molecule has 1 aromatic heterocycles. The number of rotatable bonds is 2. The standard InChI is InChI=1S/C15H12N2O3/c1-20-10-4-2-9(3-5-10)8-12-14(18)13-11(17-12)6-7-16-15(13)19/h2-8,17H,1H3,(H,16,19)/b12-8+. The average molecular weight is 268 g/mol. The molecule has 2 aromatic rings. The molecule has 0 atom stereocenters. The number of nitrogens with one attached hydrogen (secondary N) is 2. The van der Waals surface area contributed by atoms with Gasteiger partial charge >= 0.3 is 0 Å². The largest absolute Gasteiger partial charge is 0.497 e. The Hall–Kier alpha value is -2.82. The molecular formula is C15H12N2O3. The van der Waals surface area contributed by atoms with Gasteiger partial charge < -0.3 is 15.0 Å². The first kappa shape index (κ1) is 12.2.